The normalized spacial score (nSPS) is 20.6. The van der Waals surface area contributed by atoms with Gasteiger partial charge in [0, 0.05) is 10.9 Å². The third-order valence-corrected chi connectivity index (χ3v) is 2.89. The van der Waals surface area contributed by atoms with E-state index in [1.807, 2.05) is 0 Å². The van der Waals surface area contributed by atoms with Gasteiger partial charge in [0.1, 0.15) is 5.60 Å². The molecule has 2 heterocycles. The SMILES string of the molecule is OC1(c2cscc2C(F)(F)F)COC1. The van der Waals surface area contributed by atoms with Crippen LogP contribution in [0.5, 0.6) is 0 Å². The number of hydrogen-bond donors (Lipinski definition) is 1. The lowest BCUT2D eigenvalue weighted by Crippen LogP contribution is -2.47. The first-order valence-electron chi connectivity index (χ1n) is 3.87. The van der Waals surface area contributed by atoms with Crippen LogP contribution in [0.3, 0.4) is 0 Å². The second-order valence-corrected chi connectivity index (χ2v) is 3.96. The number of thiophene rings is 1. The molecule has 1 aliphatic heterocycles. The first-order valence-corrected chi connectivity index (χ1v) is 4.82. The largest absolute Gasteiger partial charge is 0.417 e. The molecule has 2 rings (SSSR count). The van der Waals surface area contributed by atoms with Gasteiger partial charge in [-0.2, -0.15) is 24.5 Å². The molecule has 0 aliphatic carbocycles. The second-order valence-electron chi connectivity index (χ2n) is 3.22. The standard InChI is InChI=1S/C8H7F3O2S/c9-8(10,11)6-2-14-1-5(6)7(12)3-13-4-7/h1-2,12H,3-4H2. The molecule has 1 saturated heterocycles. The van der Waals surface area contributed by atoms with E-state index in [9.17, 15) is 18.3 Å². The third-order valence-electron chi connectivity index (χ3n) is 2.15. The molecule has 1 aromatic heterocycles. The molecule has 0 unspecified atom stereocenters. The molecule has 6 heteroatoms. The van der Waals surface area contributed by atoms with Crippen molar-refractivity contribution in [2.75, 3.05) is 13.2 Å². The highest BCUT2D eigenvalue weighted by Crippen LogP contribution is 2.41. The van der Waals surface area contributed by atoms with Crippen LogP contribution in [0.15, 0.2) is 10.8 Å². The van der Waals surface area contributed by atoms with Gasteiger partial charge in [-0.25, -0.2) is 0 Å². The van der Waals surface area contributed by atoms with Gasteiger partial charge in [0.25, 0.3) is 0 Å². The van der Waals surface area contributed by atoms with Crippen molar-refractivity contribution in [1.29, 1.82) is 0 Å². The molecule has 0 bridgehead atoms. The highest BCUT2D eigenvalue weighted by Gasteiger charge is 2.45. The summed E-state index contributed by atoms with van der Waals surface area (Å²) < 4.78 is 42.0. The minimum atomic E-state index is -4.40. The number of alkyl halides is 3. The molecule has 1 fully saturated rings. The molecule has 0 atom stereocenters. The molecule has 2 nitrogen and oxygen atoms in total. The Labute approximate surface area is 81.9 Å². The summed E-state index contributed by atoms with van der Waals surface area (Å²) in [6.07, 6.45) is -4.40. The molecule has 78 valence electrons. The Bertz CT molecular complexity index is 341. The fraction of sp³-hybridized carbons (Fsp3) is 0.500. The van der Waals surface area contributed by atoms with Gasteiger partial charge >= 0.3 is 6.18 Å². The predicted octanol–water partition coefficient (Wildman–Crippen LogP) is 1.98. The first-order chi connectivity index (χ1) is 6.43. The molecule has 1 aliphatic rings. The summed E-state index contributed by atoms with van der Waals surface area (Å²) in [5.74, 6) is 0. The monoisotopic (exact) mass is 224 g/mol. The summed E-state index contributed by atoms with van der Waals surface area (Å²) in [4.78, 5) is 0. The molecular formula is C8H7F3O2S. The van der Waals surface area contributed by atoms with Crippen LogP contribution in [0.1, 0.15) is 11.1 Å². The maximum atomic E-state index is 12.4. The summed E-state index contributed by atoms with van der Waals surface area (Å²) >= 11 is 0.934. The molecule has 14 heavy (non-hydrogen) atoms. The quantitative estimate of drug-likeness (QED) is 0.790. The van der Waals surface area contributed by atoms with E-state index in [0.717, 1.165) is 16.7 Å². The van der Waals surface area contributed by atoms with Crippen molar-refractivity contribution in [1.82, 2.24) is 0 Å². The zero-order chi connectivity index (χ0) is 10.4. The van der Waals surface area contributed by atoms with Crippen molar-refractivity contribution in [3.63, 3.8) is 0 Å². The van der Waals surface area contributed by atoms with E-state index in [0.29, 0.717) is 0 Å². The molecule has 1 N–H and O–H groups in total. The van der Waals surface area contributed by atoms with Gasteiger partial charge in [0.05, 0.1) is 18.8 Å². The minimum Gasteiger partial charge on any atom is -0.380 e. The van der Waals surface area contributed by atoms with Gasteiger partial charge in [-0.15, -0.1) is 0 Å². The first kappa shape index (κ1) is 9.95. The third kappa shape index (κ3) is 1.43. The number of aliphatic hydroxyl groups is 1. The fourth-order valence-corrected chi connectivity index (χ4v) is 2.28. The Morgan fingerprint density at radius 3 is 2.43 bits per heavy atom. The van der Waals surface area contributed by atoms with Crippen LogP contribution >= 0.6 is 11.3 Å². The van der Waals surface area contributed by atoms with E-state index in [1.165, 1.54) is 5.38 Å². The lowest BCUT2D eigenvalue weighted by molar-refractivity contribution is -0.191. The Morgan fingerprint density at radius 1 is 1.36 bits per heavy atom. The van der Waals surface area contributed by atoms with Gasteiger partial charge < -0.3 is 9.84 Å². The summed E-state index contributed by atoms with van der Waals surface area (Å²) in [5, 5.41) is 12.0. The Morgan fingerprint density at radius 2 is 2.00 bits per heavy atom. The van der Waals surface area contributed by atoms with Crippen molar-refractivity contribution in [3.8, 4) is 0 Å². The molecule has 0 aromatic carbocycles. The van der Waals surface area contributed by atoms with Crippen molar-refractivity contribution in [2.24, 2.45) is 0 Å². The molecule has 0 saturated carbocycles. The molecular weight excluding hydrogens is 217 g/mol. The summed E-state index contributed by atoms with van der Waals surface area (Å²) in [5.41, 5.74) is -2.26. The second kappa shape index (κ2) is 2.95. The number of rotatable bonds is 1. The Balaban J connectivity index is 2.39. The molecule has 0 radical (unpaired) electrons. The van der Waals surface area contributed by atoms with E-state index >= 15 is 0 Å². The van der Waals surface area contributed by atoms with Crippen LogP contribution in [0.25, 0.3) is 0 Å². The highest BCUT2D eigenvalue weighted by atomic mass is 32.1. The van der Waals surface area contributed by atoms with Crippen LogP contribution in [-0.4, -0.2) is 18.3 Å². The van der Waals surface area contributed by atoms with Crippen LogP contribution in [0.4, 0.5) is 13.2 Å². The van der Waals surface area contributed by atoms with E-state index < -0.39 is 17.3 Å². The Hall–Kier alpha value is -0.590. The summed E-state index contributed by atoms with van der Waals surface area (Å²) in [6, 6.07) is 0. The van der Waals surface area contributed by atoms with Gasteiger partial charge in [0.15, 0.2) is 0 Å². The van der Waals surface area contributed by atoms with Gasteiger partial charge in [-0.1, -0.05) is 0 Å². The van der Waals surface area contributed by atoms with Crippen LogP contribution in [-0.2, 0) is 16.5 Å². The number of halogens is 3. The molecule has 0 amide bonds. The topological polar surface area (TPSA) is 29.5 Å². The van der Waals surface area contributed by atoms with Gasteiger partial charge in [-0.3, -0.25) is 0 Å². The minimum absolute atomic E-state index is 0.0627. The van der Waals surface area contributed by atoms with Crippen molar-refractivity contribution in [2.45, 2.75) is 11.8 Å². The zero-order valence-electron chi connectivity index (χ0n) is 6.97. The van der Waals surface area contributed by atoms with Gasteiger partial charge in [0.2, 0.25) is 0 Å². The van der Waals surface area contributed by atoms with E-state index in [2.05, 4.69) is 0 Å². The van der Waals surface area contributed by atoms with Gasteiger partial charge in [-0.05, 0) is 5.38 Å². The predicted molar refractivity (Wildman–Crippen MR) is 44.0 cm³/mol. The molecule has 0 spiro atoms. The zero-order valence-corrected chi connectivity index (χ0v) is 7.78. The van der Waals surface area contributed by atoms with E-state index in [-0.39, 0.29) is 18.8 Å². The van der Waals surface area contributed by atoms with Crippen molar-refractivity contribution < 1.29 is 23.0 Å². The lowest BCUT2D eigenvalue weighted by Gasteiger charge is -2.36. The molecule has 1 aromatic rings. The van der Waals surface area contributed by atoms with Crippen molar-refractivity contribution >= 4 is 11.3 Å². The smallest absolute Gasteiger partial charge is 0.380 e. The maximum Gasteiger partial charge on any atom is 0.417 e. The average molecular weight is 224 g/mol. The fourth-order valence-electron chi connectivity index (χ4n) is 1.33. The summed E-state index contributed by atoms with van der Waals surface area (Å²) in [7, 11) is 0. The lowest BCUT2D eigenvalue weighted by atomic mass is 9.91. The maximum absolute atomic E-state index is 12.4. The average Bonchev–Trinajstić information content (AvgIpc) is 2.46. The Kier molecular flexibility index (Phi) is 2.09. The van der Waals surface area contributed by atoms with Crippen molar-refractivity contribution in [3.05, 3.63) is 21.9 Å². The highest BCUT2D eigenvalue weighted by molar-refractivity contribution is 7.08. The van der Waals surface area contributed by atoms with Crippen LogP contribution < -0.4 is 0 Å². The van der Waals surface area contributed by atoms with Crippen LogP contribution in [0.2, 0.25) is 0 Å². The van der Waals surface area contributed by atoms with Crippen LogP contribution in [0, 0.1) is 0 Å². The van der Waals surface area contributed by atoms with E-state index in [1.54, 1.807) is 0 Å². The number of hydrogen-bond acceptors (Lipinski definition) is 3. The number of ether oxygens (including phenoxy) is 1. The summed E-state index contributed by atoms with van der Waals surface area (Å²) in [6.45, 7) is -0.125. The van der Waals surface area contributed by atoms with E-state index in [4.69, 9.17) is 4.74 Å².